The lowest BCUT2D eigenvalue weighted by molar-refractivity contribution is -0.0329. The second-order valence-corrected chi connectivity index (χ2v) is 7.70. The number of carbonyl (C=O) groups excluding carboxylic acids is 2. The molecule has 1 heterocycles. The standard InChI is InChI=1S/C24H23N3O5/c25-21-11-12-27(24(30)26-21)20-13-18(14-31-22(28)16-7-3-1-4-8-16)19(20)15-32-23(29)17-9-5-2-6-10-17/h1-12,18-20H,13-15H2,(H2,25,26,30). The first-order chi connectivity index (χ1) is 15.5. The maximum Gasteiger partial charge on any atom is 0.349 e. The van der Waals surface area contributed by atoms with Crippen LogP contribution < -0.4 is 11.4 Å². The molecule has 8 nitrogen and oxygen atoms in total. The Morgan fingerprint density at radius 1 is 0.906 bits per heavy atom. The van der Waals surface area contributed by atoms with Crippen molar-refractivity contribution in [2.45, 2.75) is 12.5 Å². The van der Waals surface area contributed by atoms with Gasteiger partial charge in [0.2, 0.25) is 0 Å². The Morgan fingerprint density at radius 3 is 2.03 bits per heavy atom. The minimum atomic E-state index is -0.464. The average Bonchev–Trinajstić information content (AvgIpc) is 2.80. The Hall–Kier alpha value is -3.94. The number of ether oxygens (including phenoxy) is 2. The van der Waals surface area contributed by atoms with Crippen LogP contribution in [0.25, 0.3) is 0 Å². The van der Waals surface area contributed by atoms with Crippen molar-refractivity contribution in [2.24, 2.45) is 11.8 Å². The summed E-state index contributed by atoms with van der Waals surface area (Å²) in [6.07, 6.45) is 2.18. The summed E-state index contributed by atoms with van der Waals surface area (Å²) in [5, 5.41) is 0. The van der Waals surface area contributed by atoms with E-state index >= 15 is 0 Å². The zero-order chi connectivity index (χ0) is 22.5. The van der Waals surface area contributed by atoms with Gasteiger partial charge in [-0.25, -0.2) is 14.4 Å². The van der Waals surface area contributed by atoms with Crippen molar-refractivity contribution in [1.29, 1.82) is 0 Å². The Balaban J connectivity index is 1.45. The summed E-state index contributed by atoms with van der Waals surface area (Å²) in [7, 11) is 0. The zero-order valence-electron chi connectivity index (χ0n) is 17.3. The normalized spacial score (nSPS) is 19.6. The van der Waals surface area contributed by atoms with Gasteiger partial charge in [-0.3, -0.25) is 4.57 Å². The number of nitrogens with zero attached hydrogens (tertiary/aromatic N) is 2. The molecule has 0 aliphatic heterocycles. The van der Waals surface area contributed by atoms with Crippen LogP contribution >= 0.6 is 0 Å². The van der Waals surface area contributed by atoms with Gasteiger partial charge in [-0.05, 0) is 36.8 Å². The molecule has 3 aromatic rings. The van der Waals surface area contributed by atoms with Crippen LogP contribution in [-0.4, -0.2) is 34.7 Å². The van der Waals surface area contributed by atoms with Crippen LogP contribution in [0, 0.1) is 11.8 Å². The molecule has 1 aromatic heterocycles. The molecule has 1 aliphatic carbocycles. The summed E-state index contributed by atoms with van der Waals surface area (Å²) in [6.45, 7) is 0.248. The van der Waals surface area contributed by atoms with Crippen LogP contribution in [-0.2, 0) is 9.47 Å². The van der Waals surface area contributed by atoms with Gasteiger partial charge >= 0.3 is 17.6 Å². The Labute approximate surface area is 184 Å². The molecule has 0 bridgehead atoms. The summed E-state index contributed by atoms with van der Waals surface area (Å²) >= 11 is 0. The number of aromatic nitrogens is 2. The van der Waals surface area contributed by atoms with Crippen molar-refractivity contribution in [1.82, 2.24) is 9.55 Å². The third-order valence-corrected chi connectivity index (χ3v) is 5.71. The van der Waals surface area contributed by atoms with Crippen molar-refractivity contribution in [3.8, 4) is 0 Å². The van der Waals surface area contributed by atoms with E-state index in [1.165, 1.54) is 4.57 Å². The summed E-state index contributed by atoms with van der Waals surface area (Å²) < 4.78 is 12.5. The Morgan fingerprint density at radius 2 is 1.47 bits per heavy atom. The number of hydrogen-bond donors (Lipinski definition) is 1. The quantitative estimate of drug-likeness (QED) is 0.570. The van der Waals surface area contributed by atoms with Crippen LogP contribution in [0.5, 0.6) is 0 Å². The van der Waals surface area contributed by atoms with Crippen LogP contribution in [0.4, 0.5) is 5.82 Å². The Bertz CT molecular complexity index is 1150. The fraction of sp³-hybridized carbons (Fsp3) is 0.250. The molecule has 0 saturated heterocycles. The highest BCUT2D eigenvalue weighted by Crippen LogP contribution is 2.44. The monoisotopic (exact) mass is 433 g/mol. The van der Waals surface area contributed by atoms with Crippen molar-refractivity contribution in [3.63, 3.8) is 0 Å². The fourth-order valence-electron chi connectivity index (χ4n) is 3.88. The van der Waals surface area contributed by atoms with Crippen LogP contribution in [0.3, 0.4) is 0 Å². The number of nitrogen functional groups attached to an aromatic ring is 1. The lowest BCUT2D eigenvalue weighted by atomic mass is 9.69. The second kappa shape index (κ2) is 9.47. The van der Waals surface area contributed by atoms with Gasteiger partial charge < -0.3 is 15.2 Å². The van der Waals surface area contributed by atoms with Gasteiger partial charge in [0.1, 0.15) is 5.82 Å². The highest BCUT2D eigenvalue weighted by atomic mass is 16.5. The highest BCUT2D eigenvalue weighted by molar-refractivity contribution is 5.89. The molecule has 0 amide bonds. The summed E-state index contributed by atoms with van der Waals surface area (Å²) in [6, 6.07) is 18.7. The van der Waals surface area contributed by atoms with Gasteiger partial charge in [0.25, 0.3) is 0 Å². The molecule has 32 heavy (non-hydrogen) atoms. The lowest BCUT2D eigenvalue weighted by Gasteiger charge is -2.44. The van der Waals surface area contributed by atoms with Gasteiger partial charge in [-0.15, -0.1) is 0 Å². The van der Waals surface area contributed by atoms with Gasteiger partial charge in [0.05, 0.1) is 24.3 Å². The molecule has 1 aliphatic rings. The molecule has 4 rings (SSSR count). The molecule has 164 valence electrons. The molecule has 0 spiro atoms. The number of anilines is 1. The first kappa shape index (κ1) is 21.3. The van der Waals surface area contributed by atoms with E-state index in [0.29, 0.717) is 17.5 Å². The molecule has 2 N–H and O–H groups in total. The minimum Gasteiger partial charge on any atom is -0.462 e. The van der Waals surface area contributed by atoms with E-state index in [1.807, 2.05) is 12.1 Å². The maximum absolute atomic E-state index is 12.4. The van der Waals surface area contributed by atoms with Crippen molar-refractivity contribution in [3.05, 3.63) is 94.5 Å². The second-order valence-electron chi connectivity index (χ2n) is 7.70. The Kier molecular flexibility index (Phi) is 6.30. The molecule has 3 unspecified atom stereocenters. The van der Waals surface area contributed by atoms with E-state index in [4.69, 9.17) is 15.2 Å². The van der Waals surface area contributed by atoms with Crippen molar-refractivity contribution in [2.75, 3.05) is 18.9 Å². The van der Waals surface area contributed by atoms with Gasteiger partial charge in [-0.2, -0.15) is 4.98 Å². The average molecular weight is 433 g/mol. The summed E-state index contributed by atoms with van der Waals surface area (Å²) in [5.74, 6) is -1.000. The van der Waals surface area contributed by atoms with E-state index < -0.39 is 17.6 Å². The molecule has 1 fully saturated rings. The number of hydrogen-bond acceptors (Lipinski definition) is 7. The highest BCUT2D eigenvalue weighted by Gasteiger charge is 2.44. The van der Waals surface area contributed by atoms with E-state index in [9.17, 15) is 14.4 Å². The van der Waals surface area contributed by atoms with Crippen molar-refractivity contribution >= 4 is 17.8 Å². The SMILES string of the molecule is Nc1ccn(C2CC(COC(=O)c3ccccc3)C2COC(=O)c2ccccc2)c(=O)n1. The van der Waals surface area contributed by atoms with E-state index in [2.05, 4.69) is 4.98 Å². The molecule has 0 radical (unpaired) electrons. The summed E-state index contributed by atoms with van der Waals surface area (Å²) in [4.78, 5) is 40.8. The van der Waals surface area contributed by atoms with Gasteiger partial charge in [-0.1, -0.05) is 36.4 Å². The predicted molar refractivity (Wildman–Crippen MR) is 117 cm³/mol. The van der Waals surface area contributed by atoms with Crippen LogP contribution in [0.2, 0.25) is 0 Å². The topological polar surface area (TPSA) is 114 Å². The third-order valence-electron chi connectivity index (χ3n) is 5.71. The first-order valence-corrected chi connectivity index (χ1v) is 10.3. The molecule has 3 atom stereocenters. The van der Waals surface area contributed by atoms with E-state index in [1.54, 1.807) is 60.8 Å². The minimum absolute atomic E-state index is 0.0688. The smallest absolute Gasteiger partial charge is 0.349 e. The number of nitrogens with two attached hydrogens (primary N) is 1. The molecular formula is C24H23N3O5. The number of rotatable bonds is 7. The van der Waals surface area contributed by atoms with Crippen molar-refractivity contribution < 1.29 is 19.1 Å². The fourth-order valence-corrected chi connectivity index (χ4v) is 3.88. The maximum atomic E-state index is 12.4. The van der Waals surface area contributed by atoms with E-state index in [0.717, 1.165) is 0 Å². The predicted octanol–water partition coefficient (Wildman–Crippen LogP) is 2.72. The lowest BCUT2D eigenvalue weighted by Crippen LogP contribution is -2.47. The third kappa shape index (κ3) is 4.69. The zero-order valence-corrected chi connectivity index (χ0v) is 17.3. The van der Waals surface area contributed by atoms with Crippen LogP contribution in [0.15, 0.2) is 77.7 Å². The largest absolute Gasteiger partial charge is 0.462 e. The van der Waals surface area contributed by atoms with E-state index in [-0.39, 0.29) is 36.9 Å². The number of carbonyl (C=O) groups is 2. The van der Waals surface area contributed by atoms with Crippen LogP contribution in [0.1, 0.15) is 33.2 Å². The number of benzene rings is 2. The number of esters is 2. The summed E-state index contributed by atoms with van der Waals surface area (Å²) in [5.41, 5.74) is 6.05. The first-order valence-electron chi connectivity index (χ1n) is 10.3. The molecule has 1 saturated carbocycles. The van der Waals surface area contributed by atoms with Gasteiger partial charge in [0, 0.05) is 24.1 Å². The molecule has 2 aromatic carbocycles. The molecule has 8 heteroatoms. The molecular weight excluding hydrogens is 410 g/mol. The van der Waals surface area contributed by atoms with Gasteiger partial charge in [0.15, 0.2) is 0 Å².